The Morgan fingerprint density at radius 1 is 1.33 bits per heavy atom. The zero-order valence-corrected chi connectivity index (χ0v) is 18.9. The van der Waals surface area contributed by atoms with E-state index in [1.807, 2.05) is 23.0 Å². The van der Waals surface area contributed by atoms with Crippen molar-refractivity contribution in [3.8, 4) is 23.2 Å². The van der Waals surface area contributed by atoms with Crippen LogP contribution in [0.4, 0.5) is 17.3 Å². The van der Waals surface area contributed by atoms with Crippen LogP contribution in [0.1, 0.15) is 37.8 Å². The third-order valence-corrected chi connectivity index (χ3v) is 5.89. The Morgan fingerprint density at radius 3 is 2.91 bits per heavy atom. The molecule has 3 aromatic rings. The zero-order valence-electron chi connectivity index (χ0n) is 18.9. The van der Waals surface area contributed by atoms with Crippen molar-refractivity contribution in [2.24, 2.45) is 0 Å². The number of carbonyl (C=O) groups excluding carboxylic acids is 1. The number of anilines is 3. The number of benzene rings is 1. The number of rotatable bonds is 8. The van der Waals surface area contributed by atoms with Gasteiger partial charge in [0, 0.05) is 35.6 Å². The van der Waals surface area contributed by atoms with E-state index in [0.717, 1.165) is 35.8 Å². The standard InChI is InChI=1S/C24H24BN6O2/c1-4-8-24(2)14-31(25-15-32)21-17(13-26)11-16(12-18(21)24)19-7-10-28-23(29-19)30-20-6-5-9-27-22(20)33-3/h5-7,9-12,15H,4,8,14H2,1-3H3,(H,28,29,30). The van der Waals surface area contributed by atoms with E-state index in [1.165, 1.54) is 7.41 Å². The Balaban J connectivity index is 1.77. The highest BCUT2D eigenvalue weighted by Gasteiger charge is 2.40. The summed E-state index contributed by atoms with van der Waals surface area (Å²) < 4.78 is 5.29. The number of nitrogens with one attached hydrogen (secondary N) is 1. The first-order valence-electron chi connectivity index (χ1n) is 10.8. The van der Waals surface area contributed by atoms with Crippen molar-refractivity contribution in [3.05, 3.63) is 53.9 Å². The lowest BCUT2D eigenvalue weighted by Crippen LogP contribution is -2.34. The fourth-order valence-electron chi connectivity index (χ4n) is 4.49. The van der Waals surface area contributed by atoms with E-state index >= 15 is 0 Å². The molecule has 1 N–H and O–H groups in total. The van der Waals surface area contributed by atoms with Crippen molar-refractivity contribution in [1.82, 2.24) is 15.0 Å². The summed E-state index contributed by atoms with van der Waals surface area (Å²) in [5.74, 6) is 0.836. The molecule has 1 aliphatic heterocycles. The number of pyridine rings is 1. The predicted octanol–water partition coefficient (Wildman–Crippen LogP) is 3.85. The lowest BCUT2D eigenvalue weighted by atomic mass is 9.79. The molecule has 9 heteroatoms. The molecule has 0 amide bonds. The van der Waals surface area contributed by atoms with Crippen molar-refractivity contribution < 1.29 is 9.53 Å². The van der Waals surface area contributed by atoms with Crippen molar-refractivity contribution in [2.45, 2.75) is 32.1 Å². The molecule has 0 saturated heterocycles. The highest BCUT2D eigenvalue weighted by Crippen LogP contribution is 2.46. The smallest absolute Gasteiger partial charge is 0.329 e. The van der Waals surface area contributed by atoms with E-state index in [1.54, 1.807) is 25.6 Å². The molecular formula is C24H24BN6O2. The molecule has 1 unspecified atom stereocenters. The summed E-state index contributed by atoms with van der Waals surface area (Å²) in [6.07, 6.45) is 6.02. The van der Waals surface area contributed by atoms with E-state index in [4.69, 9.17) is 4.74 Å². The molecular weight excluding hydrogens is 415 g/mol. The van der Waals surface area contributed by atoms with Crippen molar-refractivity contribution >= 4 is 30.9 Å². The molecule has 0 fully saturated rings. The maximum Gasteiger partial charge on any atom is 0.329 e. The molecule has 0 aliphatic carbocycles. The van der Waals surface area contributed by atoms with Crippen molar-refractivity contribution in [2.75, 3.05) is 23.8 Å². The average Bonchev–Trinajstić information content (AvgIpc) is 3.11. The zero-order chi connectivity index (χ0) is 23.4. The second kappa shape index (κ2) is 9.29. The maximum absolute atomic E-state index is 11.2. The molecule has 1 aliphatic rings. The summed E-state index contributed by atoms with van der Waals surface area (Å²) in [5, 5.41) is 13.1. The van der Waals surface area contributed by atoms with E-state index in [2.05, 4.69) is 46.3 Å². The molecule has 2 aromatic heterocycles. The Kier molecular flexibility index (Phi) is 6.27. The van der Waals surface area contributed by atoms with Crippen LogP contribution in [-0.2, 0) is 10.2 Å². The van der Waals surface area contributed by atoms with Crippen LogP contribution in [0.2, 0.25) is 0 Å². The van der Waals surface area contributed by atoms with Crippen LogP contribution in [0.3, 0.4) is 0 Å². The fourth-order valence-corrected chi connectivity index (χ4v) is 4.49. The SMILES string of the molecule is CCCC1(C)CN([B]C=O)c2c(C#N)cc(-c3ccnc(Nc4cccnc4OC)n3)cc21. The van der Waals surface area contributed by atoms with Gasteiger partial charge in [0.2, 0.25) is 11.8 Å². The van der Waals surface area contributed by atoms with E-state index < -0.39 is 0 Å². The van der Waals surface area contributed by atoms with Gasteiger partial charge in [-0.05, 0) is 42.3 Å². The van der Waals surface area contributed by atoms with Crippen LogP contribution in [0.25, 0.3) is 11.3 Å². The second-order valence-electron chi connectivity index (χ2n) is 8.21. The van der Waals surface area contributed by atoms with Gasteiger partial charge in [0.15, 0.2) is 0 Å². The third kappa shape index (κ3) is 4.24. The summed E-state index contributed by atoms with van der Waals surface area (Å²) in [7, 11) is 3.06. The molecule has 0 spiro atoms. The molecule has 0 saturated carbocycles. The Labute approximate surface area is 193 Å². The average molecular weight is 439 g/mol. The summed E-state index contributed by atoms with van der Waals surface area (Å²) in [6, 6.07) is 11.7. The van der Waals surface area contributed by atoms with Crippen molar-refractivity contribution in [3.63, 3.8) is 0 Å². The van der Waals surface area contributed by atoms with Crippen LogP contribution in [0, 0.1) is 11.3 Å². The molecule has 1 atom stereocenters. The van der Waals surface area contributed by atoms with Gasteiger partial charge >= 0.3 is 7.41 Å². The number of ether oxygens (including phenoxy) is 1. The van der Waals surface area contributed by atoms with Gasteiger partial charge in [-0.1, -0.05) is 20.3 Å². The number of nitriles is 1. The van der Waals surface area contributed by atoms with E-state index in [9.17, 15) is 10.1 Å². The van der Waals surface area contributed by atoms with Crippen LogP contribution in [-0.4, -0.2) is 42.2 Å². The van der Waals surface area contributed by atoms with E-state index in [0.29, 0.717) is 35.3 Å². The van der Waals surface area contributed by atoms with Gasteiger partial charge in [-0.25, -0.2) is 15.0 Å². The van der Waals surface area contributed by atoms with Crippen molar-refractivity contribution in [1.29, 1.82) is 5.26 Å². The number of methoxy groups -OCH3 is 1. The Hall–Kier alpha value is -3.93. The van der Waals surface area contributed by atoms with Crippen LogP contribution in [0.5, 0.6) is 5.88 Å². The lowest BCUT2D eigenvalue weighted by molar-refractivity contribution is 0.400. The van der Waals surface area contributed by atoms with Crippen LogP contribution in [0.15, 0.2) is 42.7 Å². The first-order chi connectivity index (χ1) is 16.0. The fraction of sp³-hybridized carbons (Fsp3) is 0.292. The normalized spacial score (nSPS) is 16.6. The second-order valence-corrected chi connectivity index (χ2v) is 8.21. The van der Waals surface area contributed by atoms with Gasteiger partial charge in [-0.3, -0.25) is 0 Å². The van der Waals surface area contributed by atoms with Crippen LogP contribution < -0.4 is 14.9 Å². The number of aromatic nitrogens is 3. The first-order valence-corrected chi connectivity index (χ1v) is 10.8. The minimum atomic E-state index is -0.178. The molecule has 1 aromatic carbocycles. The number of nitrogens with zero attached hydrogens (tertiary/aromatic N) is 5. The van der Waals surface area contributed by atoms with Gasteiger partial charge in [-0.15, -0.1) is 0 Å². The lowest BCUT2D eigenvalue weighted by Gasteiger charge is -2.25. The Morgan fingerprint density at radius 2 is 2.18 bits per heavy atom. The van der Waals surface area contributed by atoms with Gasteiger partial charge in [0.1, 0.15) is 17.9 Å². The quantitative estimate of drug-likeness (QED) is 0.417. The molecule has 3 heterocycles. The molecule has 8 nitrogen and oxygen atoms in total. The Bertz CT molecular complexity index is 1230. The van der Waals surface area contributed by atoms with Gasteiger partial charge in [-0.2, -0.15) is 5.26 Å². The molecule has 0 bridgehead atoms. The van der Waals surface area contributed by atoms with Gasteiger partial charge < -0.3 is 19.7 Å². The predicted molar refractivity (Wildman–Crippen MR) is 128 cm³/mol. The minimum Gasteiger partial charge on any atom is -0.480 e. The third-order valence-electron chi connectivity index (χ3n) is 5.89. The molecule has 4 rings (SSSR count). The van der Waals surface area contributed by atoms with Gasteiger partial charge in [0.25, 0.3) is 0 Å². The number of carbonyl (C=O) groups is 1. The number of hydrogen-bond acceptors (Lipinski definition) is 8. The molecule has 165 valence electrons. The summed E-state index contributed by atoms with van der Waals surface area (Å²) in [6.45, 7) is 4.98. The van der Waals surface area contributed by atoms with Gasteiger partial charge in [0.05, 0.1) is 18.4 Å². The first kappa shape index (κ1) is 22.3. The summed E-state index contributed by atoms with van der Waals surface area (Å²) in [4.78, 5) is 26.3. The summed E-state index contributed by atoms with van der Waals surface area (Å²) >= 11 is 0. The minimum absolute atomic E-state index is 0.178. The van der Waals surface area contributed by atoms with Crippen LogP contribution >= 0.6 is 0 Å². The maximum atomic E-state index is 11.2. The number of fused-ring (bicyclic) bond motifs is 1. The van der Waals surface area contributed by atoms with E-state index in [-0.39, 0.29) is 5.41 Å². The largest absolute Gasteiger partial charge is 0.480 e. The highest BCUT2D eigenvalue weighted by molar-refractivity contribution is 6.70. The monoisotopic (exact) mass is 439 g/mol. The number of hydrogen-bond donors (Lipinski definition) is 1. The summed E-state index contributed by atoms with van der Waals surface area (Å²) in [5.41, 5.74) is 4.36. The highest BCUT2D eigenvalue weighted by atomic mass is 16.5. The molecule has 1 radical (unpaired) electrons. The molecule has 33 heavy (non-hydrogen) atoms. The topological polar surface area (TPSA) is 104 Å².